The highest BCUT2D eigenvalue weighted by molar-refractivity contribution is 6.58. The van der Waals surface area contributed by atoms with E-state index in [1.54, 1.807) is 15.8 Å². The minimum absolute atomic E-state index is 0. The third kappa shape index (κ3) is 11.4. The molecule has 0 aromatic heterocycles. The molecule has 0 unspecified atom stereocenters. The van der Waals surface area contributed by atoms with Crippen LogP contribution >= 0.6 is 0 Å². The third-order valence-electron chi connectivity index (χ3n) is 2.41. The molecule has 82 valence electrons. The zero-order chi connectivity index (χ0) is 10.4. The lowest BCUT2D eigenvalue weighted by atomic mass is 10.2. The van der Waals surface area contributed by atoms with Gasteiger partial charge in [-0.3, -0.25) is 0 Å². The average Bonchev–Trinajstić information content (AvgIpc) is 1.80. The monoisotopic (exact) mass is 224 g/mol. The molecule has 0 radical (unpaired) electrons. The Labute approximate surface area is 112 Å². The maximum atomic E-state index is 2.38. The van der Waals surface area contributed by atoms with E-state index in [2.05, 4.69) is 41.5 Å². The van der Waals surface area contributed by atoms with Crippen molar-refractivity contribution in [2.75, 3.05) is 0 Å². The van der Waals surface area contributed by atoms with Crippen molar-refractivity contribution in [1.29, 1.82) is 0 Å². The number of hydrogen-bond acceptors (Lipinski definition) is 0. The van der Waals surface area contributed by atoms with Crippen molar-refractivity contribution in [2.24, 2.45) is 17.8 Å². The first-order chi connectivity index (χ1) is 5.91. The van der Waals surface area contributed by atoms with Gasteiger partial charge in [0.15, 0.2) is 0 Å². The molecule has 0 aromatic carbocycles. The summed E-state index contributed by atoms with van der Waals surface area (Å²) < 4.78 is 0. The van der Waals surface area contributed by atoms with Crippen molar-refractivity contribution in [1.82, 2.24) is 0 Å². The fourth-order valence-electron chi connectivity index (χ4n) is 2.29. The highest BCUT2D eigenvalue weighted by Gasteiger charge is 2.20. The molecule has 0 aromatic rings. The molecule has 0 bridgehead atoms. The molecule has 0 saturated carbocycles. The van der Waals surface area contributed by atoms with Crippen LogP contribution in [0.3, 0.4) is 0 Å². The zero-order valence-corrected chi connectivity index (χ0v) is 11.6. The summed E-state index contributed by atoms with van der Waals surface area (Å²) in [6, 6.07) is 0. The Morgan fingerprint density at radius 2 is 0.857 bits per heavy atom. The molecule has 0 fully saturated rings. The first kappa shape index (κ1) is 17.7. The van der Waals surface area contributed by atoms with Crippen LogP contribution in [0.15, 0.2) is 0 Å². The summed E-state index contributed by atoms with van der Waals surface area (Å²) >= 11 is -0.407. The molecule has 0 heterocycles. The SMILES string of the molecule is CC(C)[CH2][Al]([CH2]C(C)C)[CH2]C(C)C.[MgH2]. The summed E-state index contributed by atoms with van der Waals surface area (Å²) in [5.41, 5.74) is 0. The Bertz CT molecular complexity index is 97.7. The molecule has 0 nitrogen and oxygen atoms in total. The van der Waals surface area contributed by atoms with Crippen LogP contribution in [0.4, 0.5) is 0 Å². The lowest BCUT2D eigenvalue weighted by molar-refractivity contribution is 0.659. The fourth-order valence-corrected chi connectivity index (χ4v) is 6.87. The van der Waals surface area contributed by atoms with Crippen molar-refractivity contribution >= 4 is 37.2 Å². The van der Waals surface area contributed by atoms with Crippen molar-refractivity contribution in [3.8, 4) is 0 Å². The van der Waals surface area contributed by atoms with Crippen molar-refractivity contribution in [3.05, 3.63) is 0 Å². The largest absolute Gasteiger partial charge is 0.316 e. The Morgan fingerprint density at radius 1 is 0.643 bits per heavy atom. The second-order valence-corrected chi connectivity index (χ2v) is 8.90. The molecule has 14 heavy (non-hydrogen) atoms. The van der Waals surface area contributed by atoms with Crippen molar-refractivity contribution in [3.63, 3.8) is 0 Å². The van der Waals surface area contributed by atoms with Gasteiger partial charge in [-0.2, -0.15) is 0 Å². The minimum atomic E-state index is -0.407. The summed E-state index contributed by atoms with van der Waals surface area (Å²) in [4.78, 5) is 0. The number of rotatable bonds is 6. The van der Waals surface area contributed by atoms with Crippen LogP contribution in [0, 0.1) is 17.8 Å². The summed E-state index contributed by atoms with van der Waals surface area (Å²) in [6.45, 7) is 14.3. The molecule has 0 atom stereocenters. The van der Waals surface area contributed by atoms with Crippen LogP contribution in [-0.2, 0) is 0 Å². The Hall–Kier alpha value is 1.30. The van der Waals surface area contributed by atoms with Crippen molar-refractivity contribution < 1.29 is 0 Å². The average molecular weight is 225 g/mol. The maximum absolute atomic E-state index is 2.38. The first-order valence-corrected chi connectivity index (χ1v) is 8.36. The Balaban J connectivity index is 0. The first-order valence-electron chi connectivity index (χ1n) is 5.91. The summed E-state index contributed by atoms with van der Waals surface area (Å²) in [5, 5.41) is 4.66. The van der Waals surface area contributed by atoms with E-state index in [1.165, 1.54) is 0 Å². The van der Waals surface area contributed by atoms with Crippen LogP contribution in [0.5, 0.6) is 0 Å². The fraction of sp³-hybridized carbons (Fsp3) is 1.00. The van der Waals surface area contributed by atoms with Gasteiger partial charge in [-0.25, -0.2) is 0 Å². The molecular weight excluding hydrogens is 195 g/mol. The minimum Gasteiger partial charge on any atom is -0.0915 e. The standard InChI is InChI=1S/3C4H9.Al.Mg.2H/c3*1-4(2)3;;;;/h3*4H,1H2,2-3H3;;;;. The molecule has 0 spiro atoms. The highest BCUT2D eigenvalue weighted by Crippen LogP contribution is 2.20. The quantitative estimate of drug-likeness (QED) is 0.606. The van der Waals surface area contributed by atoms with E-state index in [9.17, 15) is 0 Å². The lowest BCUT2D eigenvalue weighted by Crippen LogP contribution is -2.19. The molecule has 0 aliphatic heterocycles. The van der Waals surface area contributed by atoms with Crippen LogP contribution in [0.2, 0.25) is 15.8 Å². The molecule has 2 heteroatoms. The van der Waals surface area contributed by atoms with Gasteiger partial charge < -0.3 is 0 Å². The molecule has 0 N–H and O–H groups in total. The molecule has 0 rings (SSSR count). The topological polar surface area (TPSA) is 0 Å². The van der Waals surface area contributed by atoms with Gasteiger partial charge in [-0.05, 0) is 0 Å². The van der Waals surface area contributed by atoms with Crippen molar-refractivity contribution in [2.45, 2.75) is 57.4 Å². The molecular formula is C12H29AlMg. The van der Waals surface area contributed by atoms with Gasteiger partial charge in [0.2, 0.25) is 0 Å². The normalized spacial score (nSPS) is 10.9. The number of hydrogen-bond donors (Lipinski definition) is 0. The lowest BCUT2D eigenvalue weighted by Gasteiger charge is -2.17. The zero-order valence-electron chi connectivity index (χ0n) is 10.4. The summed E-state index contributed by atoms with van der Waals surface area (Å²) in [6.07, 6.45) is 0. The van der Waals surface area contributed by atoms with Gasteiger partial charge in [-0.15, -0.1) is 0 Å². The van der Waals surface area contributed by atoms with E-state index in [0.717, 1.165) is 17.8 Å². The Morgan fingerprint density at radius 3 is 1.00 bits per heavy atom. The maximum Gasteiger partial charge on any atom is 0.316 e. The predicted molar refractivity (Wildman–Crippen MR) is 73.2 cm³/mol. The molecule has 0 saturated heterocycles. The summed E-state index contributed by atoms with van der Waals surface area (Å²) in [7, 11) is 0. The van der Waals surface area contributed by atoms with E-state index < -0.39 is 14.1 Å². The van der Waals surface area contributed by atoms with E-state index in [4.69, 9.17) is 0 Å². The highest BCUT2D eigenvalue weighted by atomic mass is 27.2. The smallest absolute Gasteiger partial charge is 0.0915 e. The van der Waals surface area contributed by atoms with E-state index in [0.29, 0.717) is 0 Å². The van der Waals surface area contributed by atoms with E-state index >= 15 is 0 Å². The Kier molecular flexibility index (Phi) is 12.0. The molecule has 0 aliphatic rings. The van der Waals surface area contributed by atoms with Crippen LogP contribution < -0.4 is 0 Å². The van der Waals surface area contributed by atoms with Gasteiger partial charge in [0.25, 0.3) is 14.1 Å². The second kappa shape index (κ2) is 9.52. The molecule has 0 aliphatic carbocycles. The van der Waals surface area contributed by atoms with Crippen LogP contribution in [0.1, 0.15) is 41.5 Å². The summed E-state index contributed by atoms with van der Waals surface area (Å²) in [5.74, 6) is 2.78. The van der Waals surface area contributed by atoms with Gasteiger partial charge >= 0.3 is 23.1 Å². The second-order valence-electron chi connectivity index (χ2n) is 5.75. The van der Waals surface area contributed by atoms with Gasteiger partial charge in [0.05, 0.1) is 0 Å². The molecule has 0 amide bonds. The van der Waals surface area contributed by atoms with Gasteiger partial charge in [0.1, 0.15) is 0 Å². The predicted octanol–water partition coefficient (Wildman–Crippen LogP) is 3.53. The van der Waals surface area contributed by atoms with E-state index in [-0.39, 0.29) is 23.1 Å². The third-order valence-corrected chi connectivity index (χ3v) is 7.24. The van der Waals surface area contributed by atoms with Gasteiger partial charge in [-0.1, -0.05) is 75.1 Å². The van der Waals surface area contributed by atoms with Crippen LogP contribution in [-0.4, -0.2) is 37.2 Å². The van der Waals surface area contributed by atoms with Crippen LogP contribution in [0.25, 0.3) is 0 Å². The van der Waals surface area contributed by atoms with E-state index in [1.807, 2.05) is 0 Å². The van der Waals surface area contributed by atoms with Gasteiger partial charge in [0, 0.05) is 0 Å².